The molecule has 0 radical (unpaired) electrons. The zero-order valence-electron chi connectivity index (χ0n) is 14.8. The van der Waals surface area contributed by atoms with Gasteiger partial charge in [-0.05, 0) is 24.6 Å². The topological polar surface area (TPSA) is 85.5 Å². The quantitative estimate of drug-likeness (QED) is 0.626. The Bertz CT molecular complexity index is 771. The van der Waals surface area contributed by atoms with E-state index in [-0.39, 0.29) is 17.5 Å². The summed E-state index contributed by atoms with van der Waals surface area (Å²) < 4.78 is 20.2. The van der Waals surface area contributed by atoms with Gasteiger partial charge in [-0.2, -0.15) is 5.10 Å². The van der Waals surface area contributed by atoms with Gasteiger partial charge in [-0.15, -0.1) is 0 Å². The van der Waals surface area contributed by atoms with Crippen LogP contribution in [0.25, 0.3) is 0 Å². The highest BCUT2D eigenvalue weighted by atomic mass is 19.1. The summed E-state index contributed by atoms with van der Waals surface area (Å²) in [5.74, 6) is 0.0770. The first-order chi connectivity index (χ1) is 12.5. The molecular formula is C17H22FN5O3. The van der Waals surface area contributed by atoms with E-state index in [0.29, 0.717) is 31.3 Å². The molecule has 1 aliphatic heterocycles. The highest BCUT2D eigenvalue weighted by Gasteiger charge is 2.27. The number of hydrogen-bond acceptors (Lipinski definition) is 6. The van der Waals surface area contributed by atoms with Crippen LogP contribution in [-0.4, -0.2) is 52.5 Å². The molecule has 1 fully saturated rings. The first-order valence-electron chi connectivity index (χ1n) is 8.46. The second-order valence-corrected chi connectivity index (χ2v) is 6.26. The minimum absolute atomic E-state index is 0.0210. The van der Waals surface area contributed by atoms with Crippen molar-refractivity contribution in [2.45, 2.75) is 13.0 Å². The summed E-state index contributed by atoms with van der Waals surface area (Å²) in [5, 5.41) is 18.7. The minimum Gasteiger partial charge on any atom is -0.379 e. The Morgan fingerprint density at radius 2 is 2.00 bits per heavy atom. The van der Waals surface area contributed by atoms with E-state index in [2.05, 4.69) is 15.3 Å². The first kappa shape index (κ1) is 18.3. The van der Waals surface area contributed by atoms with Gasteiger partial charge in [-0.3, -0.25) is 15.0 Å². The molecule has 0 amide bonds. The van der Waals surface area contributed by atoms with Crippen molar-refractivity contribution in [1.82, 2.24) is 14.7 Å². The van der Waals surface area contributed by atoms with Crippen LogP contribution in [0.4, 0.5) is 15.9 Å². The van der Waals surface area contributed by atoms with Crippen LogP contribution in [0, 0.1) is 22.9 Å². The Balaban J connectivity index is 1.84. The predicted octanol–water partition coefficient (Wildman–Crippen LogP) is 2.26. The summed E-state index contributed by atoms with van der Waals surface area (Å²) in [6, 6.07) is 6.30. The van der Waals surface area contributed by atoms with E-state index in [1.54, 1.807) is 26.1 Å². The van der Waals surface area contributed by atoms with E-state index in [0.717, 1.165) is 18.7 Å². The van der Waals surface area contributed by atoms with Gasteiger partial charge in [-0.25, -0.2) is 9.07 Å². The predicted molar refractivity (Wildman–Crippen MR) is 94.6 cm³/mol. The van der Waals surface area contributed by atoms with Crippen molar-refractivity contribution < 1.29 is 14.1 Å². The number of nitrogens with zero attached hydrogens (tertiary/aromatic N) is 4. The Kier molecular flexibility index (Phi) is 5.48. The first-order valence-corrected chi connectivity index (χ1v) is 8.46. The average Bonchev–Trinajstić information content (AvgIpc) is 2.91. The lowest BCUT2D eigenvalue weighted by Crippen LogP contribution is -2.41. The molecule has 1 aromatic carbocycles. The third kappa shape index (κ3) is 3.83. The van der Waals surface area contributed by atoms with Crippen LogP contribution in [0.2, 0.25) is 0 Å². The van der Waals surface area contributed by atoms with Crippen molar-refractivity contribution in [3.05, 3.63) is 51.5 Å². The number of ether oxygens (including phenoxy) is 1. The van der Waals surface area contributed by atoms with Gasteiger partial charge in [-0.1, -0.05) is 12.1 Å². The third-order valence-corrected chi connectivity index (χ3v) is 4.58. The number of aromatic nitrogens is 2. The van der Waals surface area contributed by atoms with Gasteiger partial charge >= 0.3 is 5.69 Å². The zero-order chi connectivity index (χ0) is 18.7. The highest BCUT2D eigenvalue weighted by molar-refractivity contribution is 5.59. The van der Waals surface area contributed by atoms with E-state index in [1.165, 1.54) is 16.8 Å². The lowest BCUT2D eigenvalue weighted by molar-refractivity contribution is -0.384. The summed E-state index contributed by atoms with van der Waals surface area (Å²) in [4.78, 5) is 13.2. The smallest absolute Gasteiger partial charge is 0.333 e. The normalized spacial score (nSPS) is 16.4. The minimum atomic E-state index is -0.424. The molecule has 1 N–H and O–H groups in total. The van der Waals surface area contributed by atoms with Crippen LogP contribution < -0.4 is 5.32 Å². The second-order valence-electron chi connectivity index (χ2n) is 6.26. The van der Waals surface area contributed by atoms with E-state index in [4.69, 9.17) is 4.74 Å². The number of benzene rings is 1. The molecule has 0 bridgehead atoms. The molecule has 140 valence electrons. The number of aryl methyl sites for hydroxylation is 2. The number of rotatable bonds is 6. The molecule has 0 spiro atoms. The molecule has 1 unspecified atom stereocenters. The maximum absolute atomic E-state index is 13.3. The van der Waals surface area contributed by atoms with Gasteiger partial charge in [0.05, 0.1) is 24.2 Å². The fourth-order valence-corrected chi connectivity index (χ4v) is 3.29. The molecule has 2 aromatic rings. The summed E-state index contributed by atoms with van der Waals surface area (Å²) in [5.41, 5.74) is 1.29. The standard InChI is InChI=1S/C17H22FN5O3/c1-12-16(23(24)25)17(21(2)20-12)19-11-15(22-7-9-26-10-8-22)13-3-5-14(18)6-4-13/h3-6,15,19H,7-11H2,1-2H3. The second kappa shape index (κ2) is 7.79. The van der Waals surface area contributed by atoms with Crippen molar-refractivity contribution >= 4 is 11.5 Å². The third-order valence-electron chi connectivity index (χ3n) is 4.58. The summed E-state index contributed by atoms with van der Waals surface area (Å²) >= 11 is 0. The molecule has 26 heavy (non-hydrogen) atoms. The average molecular weight is 363 g/mol. The SMILES string of the molecule is Cc1nn(C)c(NCC(c2ccc(F)cc2)N2CCOCC2)c1[N+](=O)[O-]. The van der Waals surface area contributed by atoms with Gasteiger partial charge in [0.25, 0.3) is 0 Å². The van der Waals surface area contributed by atoms with Gasteiger partial charge in [0.15, 0.2) is 0 Å². The number of nitro groups is 1. The van der Waals surface area contributed by atoms with Gasteiger partial charge in [0.2, 0.25) is 5.82 Å². The maximum Gasteiger partial charge on any atom is 0.333 e. The Hall–Kier alpha value is -2.52. The summed E-state index contributed by atoms with van der Waals surface area (Å²) in [6.07, 6.45) is 0. The van der Waals surface area contributed by atoms with Gasteiger partial charge in [0, 0.05) is 26.7 Å². The summed E-state index contributed by atoms with van der Waals surface area (Å²) in [6.45, 7) is 4.80. The molecule has 0 saturated carbocycles. The van der Waals surface area contributed by atoms with Crippen LogP contribution in [-0.2, 0) is 11.8 Å². The van der Waals surface area contributed by atoms with Crippen LogP contribution >= 0.6 is 0 Å². The van der Waals surface area contributed by atoms with E-state index >= 15 is 0 Å². The number of morpholine rings is 1. The van der Waals surface area contributed by atoms with Gasteiger partial charge < -0.3 is 10.1 Å². The van der Waals surface area contributed by atoms with Crippen molar-refractivity contribution in [2.75, 3.05) is 38.2 Å². The fourth-order valence-electron chi connectivity index (χ4n) is 3.29. The molecule has 1 atom stereocenters. The molecular weight excluding hydrogens is 341 g/mol. The van der Waals surface area contributed by atoms with Crippen molar-refractivity contribution in [1.29, 1.82) is 0 Å². The number of halogens is 1. The van der Waals surface area contributed by atoms with Crippen molar-refractivity contribution in [2.24, 2.45) is 7.05 Å². The molecule has 8 nitrogen and oxygen atoms in total. The number of anilines is 1. The van der Waals surface area contributed by atoms with Crippen LogP contribution in [0.1, 0.15) is 17.3 Å². The molecule has 1 saturated heterocycles. The van der Waals surface area contributed by atoms with Gasteiger partial charge in [0.1, 0.15) is 11.5 Å². The lowest BCUT2D eigenvalue weighted by atomic mass is 10.0. The Labute approximate surface area is 150 Å². The van der Waals surface area contributed by atoms with Crippen LogP contribution in [0.15, 0.2) is 24.3 Å². The number of nitrogens with one attached hydrogen (secondary N) is 1. The molecule has 3 rings (SSSR count). The molecule has 9 heteroatoms. The fraction of sp³-hybridized carbons (Fsp3) is 0.471. The number of hydrogen-bond donors (Lipinski definition) is 1. The van der Waals surface area contributed by atoms with Crippen LogP contribution in [0.5, 0.6) is 0 Å². The zero-order valence-corrected chi connectivity index (χ0v) is 14.8. The molecule has 0 aliphatic carbocycles. The van der Waals surface area contributed by atoms with E-state index < -0.39 is 4.92 Å². The lowest BCUT2D eigenvalue weighted by Gasteiger charge is -2.35. The monoisotopic (exact) mass is 363 g/mol. The molecule has 1 aliphatic rings. The summed E-state index contributed by atoms with van der Waals surface area (Å²) in [7, 11) is 1.67. The van der Waals surface area contributed by atoms with Crippen molar-refractivity contribution in [3.8, 4) is 0 Å². The Morgan fingerprint density at radius 1 is 1.35 bits per heavy atom. The Morgan fingerprint density at radius 3 is 2.62 bits per heavy atom. The van der Waals surface area contributed by atoms with E-state index in [1.807, 2.05) is 0 Å². The van der Waals surface area contributed by atoms with Crippen molar-refractivity contribution in [3.63, 3.8) is 0 Å². The largest absolute Gasteiger partial charge is 0.379 e. The highest BCUT2D eigenvalue weighted by Crippen LogP contribution is 2.29. The van der Waals surface area contributed by atoms with Crippen LogP contribution in [0.3, 0.4) is 0 Å². The molecule has 2 heterocycles. The van der Waals surface area contributed by atoms with E-state index in [9.17, 15) is 14.5 Å². The maximum atomic E-state index is 13.3. The molecule has 1 aromatic heterocycles.